The first kappa shape index (κ1) is 14.5. The van der Waals surface area contributed by atoms with Crippen LogP contribution in [0.25, 0.3) is 0 Å². The van der Waals surface area contributed by atoms with E-state index in [9.17, 15) is 4.79 Å². The topological polar surface area (TPSA) is 55.1 Å². The van der Waals surface area contributed by atoms with Crippen LogP contribution >= 0.6 is 11.3 Å². The maximum Gasteiger partial charge on any atom is 0.238 e. The Morgan fingerprint density at radius 2 is 2.37 bits per heavy atom. The Hall–Kier alpha value is -0.870. The van der Waals surface area contributed by atoms with E-state index in [4.69, 9.17) is 5.73 Å². The summed E-state index contributed by atoms with van der Waals surface area (Å²) in [4.78, 5) is 13.4. The molecule has 0 spiro atoms. The molecule has 1 saturated carbocycles. The van der Waals surface area contributed by atoms with Gasteiger partial charge in [0.05, 0.1) is 0 Å². The molecule has 0 radical (unpaired) electrons. The van der Waals surface area contributed by atoms with Crippen LogP contribution in [0, 0.1) is 11.8 Å². The third-order valence-electron chi connectivity index (χ3n) is 4.37. The van der Waals surface area contributed by atoms with Crippen LogP contribution in [0.4, 0.5) is 0 Å². The molecule has 19 heavy (non-hydrogen) atoms. The van der Waals surface area contributed by atoms with Crippen molar-refractivity contribution in [2.45, 2.75) is 51.6 Å². The van der Waals surface area contributed by atoms with Gasteiger partial charge in [0.25, 0.3) is 0 Å². The van der Waals surface area contributed by atoms with Gasteiger partial charge in [-0.05, 0) is 36.1 Å². The molecule has 1 fully saturated rings. The SMILES string of the molecule is CC(C)C1CCCCC1(NCc1cccs1)C(N)=O. The first-order valence-electron chi connectivity index (χ1n) is 7.13. The number of rotatable bonds is 5. The van der Waals surface area contributed by atoms with Gasteiger partial charge in [-0.15, -0.1) is 11.3 Å². The van der Waals surface area contributed by atoms with Crippen LogP contribution in [0.1, 0.15) is 44.4 Å². The summed E-state index contributed by atoms with van der Waals surface area (Å²) in [5, 5.41) is 5.57. The van der Waals surface area contributed by atoms with Crippen LogP contribution in [0.3, 0.4) is 0 Å². The minimum absolute atomic E-state index is 0.178. The Morgan fingerprint density at radius 3 is 2.95 bits per heavy atom. The molecule has 2 atom stereocenters. The van der Waals surface area contributed by atoms with Crippen molar-refractivity contribution < 1.29 is 4.79 Å². The van der Waals surface area contributed by atoms with Gasteiger partial charge in [0.2, 0.25) is 5.91 Å². The van der Waals surface area contributed by atoms with E-state index < -0.39 is 5.54 Å². The molecule has 3 N–H and O–H groups in total. The highest BCUT2D eigenvalue weighted by Gasteiger charge is 2.46. The van der Waals surface area contributed by atoms with E-state index in [1.165, 1.54) is 11.3 Å². The second-order valence-corrected chi connectivity index (χ2v) is 6.90. The molecule has 0 saturated heterocycles. The summed E-state index contributed by atoms with van der Waals surface area (Å²) in [6, 6.07) is 4.14. The Morgan fingerprint density at radius 1 is 1.58 bits per heavy atom. The highest BCUT2D eigenvalue weighted by atomic mass is 32.1. The van der Waals surface area contributed by atoms with Crippen LogP contribution in [-0.2, 0) is 11.3 Å². The molecule has 1 aliphatic carbocycles. The van der Waals surface area contributed by atoms with E-state index in [1.54, 1.807) is 11.3 Å². The monoisotopic (exact) mass is 280 g/mol. The Labute approximate surface area is 119 Å². The number of primary amides is 1. The summed E-state index contributed by atoms with van der Waals surface area (Å²) in [5.74, 6) is 0.643. The summed E-state index contributed by atoms with van der Waals surface area (Å²) in [7, 11) is 0. The Bertz CT molecular complexity index is 416. The molecule has 3 nitrogen and oxygen atoms in total. The first-order chi connectivity index (χ1) is 9.06. The van der Waals surface area contributed by atoms with E-state index in [-0.39, 0.29) is 5.91 Å². The van der Waals surface area contributed by atoms with Crippen molar-refractivity contribution in [2.24, 2.45) is 17.6 Å². The number of carbonyl (C=O) groups is 1. The van der Waals surface area contributed by atoms with E-state index in [0.717, 1.165) is 25.8 Å². The quantitative estimate of drug-likeness (QED) is 0.871. The van der Waals surface area contributed by atoms with Crippen LogP contribution < -0.4 is 11.1 Å². The van der Waals surface area contributed by atoms with E-state index in [1.807, 2.05) is 6.07 Å². The number of hydrogen-bond donors (Lipinski definition) is 2. The second kappa shape index (κ2) is 6.06. The molecule has 0 aromatic carbocycles. The fourth-order valence-corrected chi connectivity index (χ4v) is 4.02. The normalized spacial score (nSPS) is 27.6. The standard InChI is InChI=1S/C15H24N2OS/c1-11(2)13-7-3-4-8-15(13,14(16)18)17-10-12-6-5-9-19-12/h5-6,9,11,13,17H,3-4,7-8,10H2,1-2H3,(H2,16,18). The molecule has 106 valence electrons. The zero-order valence-electron chi connectivity index (χ0n) is 11.8. The van der Waals surface area contributed by atoms with Gasteiger partial charge >= 0.3 is 0 Å². The van der Waals surface area contributed by atoms with Crippen molar-refractivity contribution in [1.82, 2.24) is 5.32 Å². The second-order valence-electron chi connectivity index (χ2n) is 5.86. The lowest BCUT2D eigenvalue weighted by atomic mass is 9.67. The van der Waals surface area contributed by atoms with Crippen molar-refractivity contribution in [1.29, 1.82) is 0 Å². The summed E-state index contributed by atoms with van der Waals surface area (Å²) in [6.07, 6.45) is 4.26. The molecule has 1 aromatic rings. The van der Waals surface area contributed by atoms with Gasteiger partial charge in [-0.2, -0.15) is 0 Å². The van der Waals surface area contributed by atoms with Crippen LogP contribution in [-0.4, -0.2) is 11.4 Å². The van der Waals surface area contributed by atoms with E-state index in [2.05, 4.69) is 30.6 Å². The van der Waals surface area contributed by atoms with Gasteiger partial charge < -0.3 is 5.73 Å². The number of amides is 1. The predicted molar refractivity (Wildman–Crippen MR) is 79.9 cm³/mol. The highest BCUT2D eigenvalue weighted by molar-refractivity contribution is 7.09. The largest absolute Gasteiger partial charge is 0.368 e. The van der Waals surface area contributed by atoms with E-state index in [0.29, 0.717) is 11.8 Å². The number of thiophene rings is 1. The summed E-state index contributed by atoms with van der Waals surface area (Å²) >= 11 is 1.72. The van der Waals surface area contributed by atoms with Crippen LogP contribution in [0.2, 0.25) is 0 Å². The molecule has 0 bridgehead atoms. The molecule has 0 aliphatic heterocycles. The molecule has 2 unspecified atom stereocenters. The van der Waals surface area contributed by atoms with Crippen molar-refractivity contribution >= 4 is 17.2 Å². The fraction of sp³-hybridized carbons (Fsp3) is 0.667. The lowest BCUT2D eigenvalue weighted by molar-refractivity contribution is -0.129. The average molecular weight is 280 g/mol. The number of nitrogens with two attached hydrogens (primary N) is 1. The third kappa shape index (κ3) is 3.00. The van der Waals surface area contributed by atoms with Crippen LogP contribution in [0.5, 0.6) is 0 Å². The molecule has 2 rings (SSSR count). The molecule has 1 amide bonds. The summed E-state index contributed by atoms with van der Waals surface area (Å²) in [6.45, 7) is 5.13. The maximum absolute atomic E-state index is 12.1. The maximum atomic E-state index is 12.1. The summed E-state index contributed by atoms with van der Waals surface area (Å²) in [5.41, 5.74) is 5.25. The summed E-state index contributed by atoms with van der Waals surface area (Å²) < 4.78 is 0. The minimum Gasteiger partial charge on any atom is -0.368 e. The van der Waals surface area contributed by atoms with Crippen molar-refractivity contribution in [3.63, 3.8) is 0 Å². The molecule has 1 aromatic heterocycles. The molecule has 4 heteroatoms. The zero-order valence-corrected chi connectivity index (χ0v) is 12.6. The lowest BCUT2D eigenvalue weighted by Gasteiger charge is -2.44. The predicted octanol–water partition coefficient (Wildman–Crippen LogP) is 2.91. The first-order valence-corrected chi connectivity index (χ1v) is 8.01. The van der Waals surface area contributed by atoms with Gasteiger partial charge in [0, 0.05) is 11.4 Å². The van der Waals surface area contributed by atoms with Crippen molar-refractivity contribution in [2.75, 3.05) is 0 Å². The molecule has 1 aliphatic rings. The third-order valence-corrected chi connectivity index (χ3v) is 5.25. The van der Waals surface area contributed by atoms with Crippen molar-refractivity contribution in [3.8, 4) is 0 Å². The van der Waals surface area contributed by atoms with Gasteiger partial charge in [0.1, 0.15) is 5.54 Å². The number of nitrogens with one attached hydrogen (secondary N) is 1. The minimum atomic E-state index is -0.517. The van der Waals surface area contributed by atoms with E-state index >= 15 is 0 Å². The van der Waals surface area contributed by atoms with Gasteiger partial charge in [0.15, 0.2) is 0 Å². The molecular formula is C15H24N2OS. The Kier molecular flexibility index (Phi) is 4.63. The Balaban J connectivity index is 2.17. The van der Waals surface area contributed by atoms with Gasteiger partial charge in [-0.25, -0.2) is 0 Å². The number of hydrogen-bond acceptors (Lipinski definition) is 3. The fourth-order valence-electron chi connectivity index (χ4n) is 3.37. The molecular weight excluding hydrogens is 256 g/mol. The van der Waals surface area contributed by atoms with Gasteiger partial charge in [-0.1, -0.05) is 32.8 Å². The van der Waals surface area contributed by atoms with Crippen molar-refractivity contribution in [3.05, 3.63) is 22.4 Å². The van der Waals surface area contributed by atoms with Gasteiger partial charge in [-0.3, -0.25) is 10.1 Å². The average Bonchev–Trinajstić information content (AvgIpc) is 2.89. The highest BCUT2D eigenvalue weighted by Crippen LogP contribution is 2.38. The molecule has 1 heterocycles. The smallest absolute Gasteiger partial charge is 0.238 e. The van der Waals surface area contributed by atoms with Crippen LogP contribution in [0.15, 0.2) is 17.5 Å². The lowest BCUT2D eigenvalue weighted by Crippen LogP contribution is -2.62. The zero-order chi connectivity index (χ0) is 13.9. The number of carbonyl (C=O) groups excluding carboxylic acids is 1.